The lowest BCUT2D eigenvalue weighted by Crippen LogP contribution is -2.53. The van der Waals surface area contributed by atoms with E-state index in [1.807, 2.05) is 31.0 Å². The Morgan fingerprint density at radius 1 is 1.31 bits per heavy atom. The van der Waals surface area contributed by atoms with Crippen molar-refractivity contribution in [2.24, 2.45) is 0 Å². The third kappa shape index (κ3) is 2.98. The Hall–Kier alpha value is -3.35. The zero-order valence-corrected chi connectivity index (χ0v) is 19.0. The molecule has 3 aromatic heterocycles. The quantitative estimate of drug-likeness (QED) is 0.565. The van der Waals surface area contributed by atoms with Crippen LogP contribution in [0.25, 0.3) is 5.82 Å². The van der Waals surface area contributed by atoms with Crippen LogP contribution in [0.15, 0.2) is 53.3 Å². The topological polar surface area (TPSA) is 67.4 Å². The van der Waals surface area contributed by atoms with Crippen LogP contribution in [0.4, 0.5) is 5.69 Å². The predicted octanol–water partition coefficient (Wildman–Crippen LogP) is 4.26. The van der Waals surface area contributed by atoms with Crippen LogP contribution in [0, 0.1) is 6.92 Å². The third-order valence-corrected chi connectivity index (χ3v) is 6.61. The number of pyridine rings is 1. The van der Waals surface area contributed by atoms with Gasteiger partial charge in [-0.25, -0.2) is 4.98 Å². The average Bonchev–Trinajstić information content (AvgIpc) is 3.51. The molecule has 0 aliphatic carbocycles. The number of hydrogen-bond donors (Lipinski definition) is 0. The monoisotopic (exact) mass is 431 g/mol. The first kappa shape index (κ1) is 20.5. The van der Waals surface area contributed by atoms with Crippen LogP contribution in [-0.4, -0.2) is 45.1 Å². The zero-order valence-electron chi connectivity index (χ0n) is 19.0. The van der Waals surface area contributed by atoms with Gasteiger partial charge in [0.05, 0.1) is 17.1 Å². The molecule has 0 bridgehead atoms. The van der Waals surface area contributed by atoms with Crippen molar-refractivity contribution in [1.29, 1.82) is 0 Å². The number of nitrogens with zero attached hydrogens (tertiary/aromatic N) is 5. The summed E-state index contributed by atoms with van der Waals surface area (Å²) in [6, 6.07) is 8.31. The molecule has 0 N–H and O–H groups in total. The van der Waals surface area contributed by atoms with Gasteiger partial charge in [0, 0.05) is 38.4 Å². The molecule has 5 heterocycles. The van der Waals surface area contributed by atoms with E-state index >= 15 is 0 Å². The second kappa shape index (κ2) is 7.65. The van der Waals surface area contributed by atoms with Crippen LogP contribution in [-0.2, 0) is 12.0 Å². The molecule has 1 unspecified atom stereocenters. The van der Waals surface area contributed by atoms with Crippen molar-refractivity contribution in [3.63, 3.8) is 0 Å². The Kier molecular flexibility index (Phi) is 4.92. The summed E-state index contributed by atoms with van der Waals surface area (Å²) in [5.41, 5.74) is 4.26. The number of carbonyl (C=O) groups is 1. The van der Waals surface area contributed by atoms with Crippen LogP contribution in [0.3, 0.4) is 0 Å². The van der Waals surface area contributed by atoms with Crippen LogP contribution < -0.4 is 4.90 Å². The fraction of sp³-hybridized carbons (Fsp3) is 0.400. The second-order valence-electron chi connectivity index (χ2n) is 8.98. The number of hydrogen-bond acceptors (Lipinski definition) is 5. The summed E-state index contributed by atoms with van der Waals surface area (Å²) in [4.78, 5) is 22.7. The van der Waals surface area contributed by atoms with E-state index in [4.69, 9.17) is 4.52 Å². The summed E-state index contributed by atoms with van der Waals surface area (Å²) in [6.45, 7) is 12.1. The van der Waals surface area contributed by atoms with E-state index in [9.17, 15) is 4.79 Å². The van der Waals surface area contributed by atoms with Crippen molar-refractivity contribution in [2.45, 2.75) is 45.6 Å². The highest BCUT2D eigenvalue weighted by molar-refractivity contribution is 5.96. The Morgan fingerprint density at radius 3 is 2.94 bits per heavy atom. The maximum Gasteiger partial charge on any atom is 0.259 e. The Balaban J connectivity index is 1.57. The molecule has 7 heteroatoms. The minimum atomic E-state index is -0.343. The normalized spacial score (nSPS) is 19.3. The molecule has 7 nitrogen and oxygen atoms in total. The largest absolute Gasteiger partial charge is 0.360 e. The molecule has 0 aromatic carbocycles. The zero-order chi connectivity index (χ0) is 22.5. The Labute approximate surface area is 188 Å². The maximum atomic E-state index is 13.6. The fourth-order valence-electron chi connectivity index (χ4n) is 5.25. The van der Waals surface area contributed by atoms with Gasteiger partial charge in [0.2, 0.25) is 0 Å². The number of amides is 1. The van der Waals surface area contributed by atoms with E-state index in [-0.39, 0.29) is 11.4 Å². The number of aryl methyl sites for hydroxylation is 2. The molecular weight excluding hydrogens is 402 g/mol. The lowest BCUT2D eigenvalue weighted by molar-refractivity contribution is 0.0779. The molecule has 32 heavy (non-hydrogen) atoms. The molecule has 0 radical (unpaired) electrons. The number of aromatic nitrogens is 3. The fourth-order valence-corrected chi connectivity index (χ4v) is 5.25. The van der Waals surface area contributed by atoms with E-state index < -0.39 is 0 Å². The first-order chi connectivity index (χ1) is 15.5. The van der Waals surface area contributed by atoms with Gasteiger partial charge in [0.25, 0.3) is 5.91 Å². The Bertz CT molecular complexity index is 1190. The standard InChI is InChI=1S/C25H29N5O2/c1-5-8-20-22(18(4)27-32-20)24(31)28-14-11-25(16-28)21-10-7-13-29(21)23-19(9-6-12-26-23)30(25)15-17(2)3/h6-7,9-10,12-13H,2,5,8,11,14-16H2,1,3-4H3. The van der Waals surface area contributed by atoms with E-state index in [1.165, 1.54) is 0 Å². The first-order valence-electron chi connectivity index (χ1n) is 11.3. The summed E-state index contributed by atoms with van der Waals surface area (Å²) < 4.78 is 7.66. The van der Waals surface area contributed by atoms with Crippen molar-refractivity contribution >= 4 is 11.6 Å². The van der Waals surface area contributed by atoms with Crippen LogP contribution in [0.1, 0.15) is 54.2 Å². The van der Waals surface area contributed by atoms with Gasteiger partial charge in [-0.15, -0.1) is 0 Å². The molecule has 1 saturated heterocycles. The van der Waals surface area contributed by atoms with Gasteiger partial charge in [0.15, 0.2) is 5.82 Å². The molecule has 0 saturated carbocycles. The van der Waals surface area contributed by atoms with Gasteiger partial charge in [-0.05, 0) is 51.0 Å². The second-order valence-corrected chi connectivity index (χ2v) is 8.98. The highest BCUT2D eigenvalue weighted by Crippen LogP contribution is 2.47. The van der Waals surface area contributed by atoms with Crippen molar-refractivity contribution in [1.82, 2.24) is 19.6 Å². The third-order valence-electron chi connectivity index (χ3n) is 6.61. The molecule has 166 valence electrons. The van der Waals surface area contributed by atoms with Gasteiger partial charge in [-0.1, -0.05) is 24.2 Å². The number of carbonyl (C=O) groups excluding carboxylic acids is 1. The highest BCUT2D eigenvalue weighted by atomic mass is 16.5. The molecule has 1 amide bonds. The van der Waals surface area contributed by atoms with Crippen LogP contribution in [0.5, 0.6) is 0 Å². The summed E-state index contributed by atoms with van der Waals surface area (Å²) >= 11 is 0. The summed E-state index contributed by atoms with van der Waals surface area (Å²) in [7, 11) is 0. The van der Waals surface area contributed by atoms with E-state index in [2.05, 4.69) is 57.5 Å². The van der Waals surface area contributed by atoms with Gasteiger partial charge in [-0.3, -0.25) is 4.79 Å². The summed E-state index contributed by atoms with van der Waals surface area (Å²) in [5.74, 6) is 1.62. The van der Waals surface area contributed by atoms with Crippen molar-refractivity contribution in [3.8, 4) is 5.82 Å². The van der Waals surface area contributed by atoms with Gasteiger partial charge >= 0.3 is 0 Å². The Morgan fingerprint density at radius 2 is 2.16 bits per heavy atom. The highest BCUT2D eigenvalue weighted by Gasteiger charge is 2.51. The lowest BCUT2D eigenvalue weighted by Gasteiger charge is -2.47. The van der Waals surface area contributed by atoms with Crippen molar-refractivity contribution in [2.75, 3.05) is 24.5 Å². The molecule has 1 spiro atoms. The molecule has 3 aromatic rings. The van der Waals surface area contributed by atoms with Gasteiger partial charge < -0.3 is 18.9 Å². The number of fused-ring (bicyclic) bond motifs is 4. The van der Waals surface area contributed by atoms with Crippen LogP contribution in [0.2, 0.25) is 0 Å². The molecular formula is C25H29N5O2. The SMILES string of the molecule is C=C(C)CN1c2cccnc2-n2cccc2C12CCN(C(=O)c1c(C)noc1CCC)C2. The molecule has 2 aliphatic rings. The lowest BCUT2D eigenvalue weighted by atomic mass is 9.88. The summed E-state index contributed by atoms with van der Waals surface area (Å²) in [5, 5.41) is 4.09. The summed E-state index contributed by atoms with van der Waals surface area (Å²) in [6.07, 6.45) is 6.34. The minimum absolute atomic E-state index is 0.00874. The predicted molar refractivity (Wildman–Crippen MR) is 123 cm³/mol. The van der Waals surface area contributed by atoms with Crippen molar-refractivity contribution < 1.29 is 9.32 Å². The number of likely N-dealkylation sites (tertiary alicyclic amines) is 1. The first-order valence-corrected chi connectivity index (χ1v) is 11.3. The molecule has 5 rings (SSSR count). The number of rotatable bonds is 5. The van der Waals surface area contributed by atoms with Crippen LogP contribution >= 0.6 is 0 Å². The molecule has 1 atom stereocenters. The van der Waals surface area contributed by atoms with Crippen molar-refractivity contribution in [3.05, 3.63) is 71.5 Å². The van der Waals surface area contributed by atoms with E-state index in [1.54, 1.807) is 0 Å². The van der Waals surface area contributed by atoms with Gasteiger partial charge in [0.1, 0.15) is 16.9 Å². The minimum Gasteiger partial charge on any atom is -0.360 e. The van der Waals surface area contributed by atoms with E-state index in [0.717, 1.165) is 35.6 Å². The molecule has 1 fully saturated rings. The average molecular weight is 432 g/mol. The number of anilines is 1. The van der Waals surface area contributed by atoms with E-state index in [0.29, 0.717) is 43.1 Å². The smallest absolute Gasteiger partial charge is 0.259 e. The van der Waals surface area contributed by atoms with Gasteiger partial charge in [-0.2, -0.15) is 0 Å². The maximum absolute atomic E-state index is 13.6. The molecule has 2 aliphatic heterocycles.